The molecule has 0 aromatic rings. The van der Waals surface area contributed by atoms with Crippen molar-refractivity contribution in [3.8, 4) is 0 Å². The lowest BCUT2D eigenvalue weighted by Crippen LogP contribution is -2.48. The summed E-state index contributed by atoms with van der Waals surface area (Å²) in [5.74, 6) is -2.21. The van der Waals surface area contributed by atoms with Crippen molar-refractivity contribution in [1.82, 2.24) is 9.80 Å². The minimum absolute atomic E-state index is 0.308. The van der Waals surface area contributed by atoms with Crippen LogP contribution in [0.5, 0.6) is 0 Å². The van der Waals surface area contributed by atoms with Gasteiger partial charge < -0.3 is 20.0 Å². The Balaban J connectivity index is 2.40. The normalized spacial score (nSPS) is 19.4. The summed E-state index contributed by atoms with van der Waals surface area (Å²) in [7, 11) is 1.94. The number of likely N-dealkylation sites (tertiary alicyclic amines) is 1. The third-order valence-corrected chi connectivity index (χ3v) is 3.11. The molecule has 0 aliphatic carbocycles. The highest BCUT2D eigenvalue weighted by Gasteiger charge is 2.28. The van der Waals surface area contributed by atoms with Gasteiger partial charge in [0.05, 0.1) is 6.10 Å². The molecule has 1 rings (SSSR count). The highest BCUT2D eigenvalue weighted by molar-refractivity contribution is 6.31. The molecule has 17 heavy (non-hydrogen) atoms. The maximum atomic E-state index is 11.2. The molecule has 2 N–H and O–H groups in total. The van der Waals surface area contributed by atoms with Gasteiger partial charge in [0.15, 0.2) is 0 Å². The van der Waals surface area contributed by atoms with Gasteiger partial charge in [-0.3, -0.25) is 4.79 Å². The van der Waals surface area contributed by atoms with Crippen molar-refractivity contribution in [3.05, 3.63) is 0 Å². The van der Waals surface area contributed by atoms with Gasteiger partial charge >= 0.3 is 11.9 Å². The highest BCUT2D eigenvalue weighted by atomic mass is 16.4. The Morgan fingerprint density at radius 1 is 1.41 bits per heavy atom. The van der Waals surface area contributed by atoms with Crippen LogP contribution in [0.15, 0.2) is 0 Å². The van der Waals surface area contributed by atoms with E-state index in [-0.39, 0.29) is 6.10 Å². The molecule has 1 fully saturated rings. The molecule has 6 heteroatoms. The van der Waals surface area contributed by atoms with Crippen LogP contribution >= 0.6 is 0 Å². The first-order valence-corrected chi connectivity index (χ1v) is 5.82. The molecule has 1 heterocycles. The Bertz CT molecular complexity index is 285. The first-order valence-electron chi connectivity index (χ1n) is 5.82. The molecule has 0 bridgehead atoms. The van der Waals surface area contributed by atoms with E-state index in [1.807, 2.05) is 7.05 Å². The van der Waals surface area contributed by atoms with Crippen molar-refractivity contribution >= 4 is 11.9 Å². The molecule has 98 valence electrons. The van der Waals surface area contributed by atoms with Gasteiger partial charge in [0, 0.05) is 25.7 Å². The fourth-order valence-electron chi connectivity index (χ4n) is 2.21. The van der Waals surface area contributed by atoms with Gasteiger partial charge in [0.2, 0.25) is 0 Å². The molecule has 0 aromatic carbocycles. The highest BCUT2D eigenvalue weighted by Crippen LogP contribution is 2.15. The summed E-state index contributed by atoms with van der Waals surface area (Å²) in [4.78, 5) is 25.2. The number of aliphatic hydroxyl groups excluding tert-OH is 1. The summed E-state index contributed by atoms with van der Waals surface area (Å²) < 4.78 is 0. The second-order valence-corrected chi connectivity index (χ2v) is 4.62. The topological polar surface area (TPSA) is 81.1 Å². The number of carboxylic acid groups (broad SMARTS) is 1. The predicted molar refractivity (Wildman–Crippen MR) is 61.5 cm³/mol. The van der Waals surface area contributed by atoms with Gasteiger partial charge in [0.25, 0.3) is 0 Å². The third kappa shape index (κ3) is 3.98. The summed E-state index contributed by atoms with van der Waals surface area (Å²) >= 11 is 0. The number of hydrogen-bond donors (Lipinski definition) is 2. The summed E-state index contributed by atoms with van der Waals surface area (Å²) in [6, 6.07) is 0.308. The Kier molecular flexibility index (Phi) is 4.89. The van der Waals surface area contributed by atoms with Crippen LogP contribution in [0.1, 0.15) is 19.8 Å². The Morgan fingerprint density at radius 3 is 2.35 bits per heavy atom. The number of piperidine rings is 1. The van der Waals surface area contributed by atoms with E-state index < -0.39 is 11.9 Å². The fraction of sp³-hybridized carbons (Fsp3) is 0.818. The van der Waals surface area contributed by atoms with E-state index in [4.69, 9.17) is 5.11 Å². The van der Waals surface area contributed by atoms with Crippen LogP contribution < -0.4 is 0 Å². The zero-order valence-corrected chi connectivity index (χ0v) is 10.3. The first kappa shape index (κ1) is 13.9. The number of carboxylic acids is 1. The lowest BCUT2D eigenvalue weighted by molar-refractivity contribution is -0.156. The molecule has 1 aliphatic rings. The van der Waals surface area contributed by atoms with Gasteiger partial charge in [-0.1, -0.05) is 0 Å². The van der Waals surface area contributed by atoms with E-state index in [9.17, 15) is 14.7 Å². The Hall–Kier alpha value is -1.14. The molecular weight excluding hydrogens is 224 g/mol. The van der Waals surface area contributed by atoms with Gasteiger partial charge in [0.1, 0.15) is 0 Å². The SMILES string of the molecule is C[C@@H](O)CN(C)C1CCN(C(=O)C(=O)O)CC1. The Morgan fingerprint density at radius 2 is 1.94 bits per heavy atom. The van der Waals surface area contributed by atoms with Crippen LogP contribution in [0.4, 0.5) is 0 Å². The molecule has 0 unspecified atom stereocenters. The van der Waals surface area contributed by atoms with Crippen molar-refractivity contribution in [1.29, 1.82) is 0 Å². The number of amides is 1. The lowest BCUT2D eigenvalue weighted by atomic mass is 10.0. The number of carbonyl (C=O) groups excluding carboxylic acids is 1. The van der Waals surface area contributed by atoms with E-state index in [0.717, 1.165) is 12.8 Å². The quantitative estimate of drug-likeness (QED) is 0.646. The summed E-state index contributed by atoms with van der Waals surface area (Å²) in [6.45, 7) is 3.27. The molecule has 1 atom stereocenters. The molecule has 1 aliphatic heterocycles. The average molecular weight is 244 g/mol. The number of aliphatic hydroxyl groups is 1. The van der Waals surface area contributed by atoms with E-state index >= 15 is 0 Å². The van der Waals surface area contributed by atoms with E-state index in [1.54, 1.807) is 6.92 Å². The third-order valence-electron chi connectivity index (χ3n) is 3.11. The van der Waals surface area contributed by atoms with Gasteiger partial charge in [-0.2, -0.15) is 0 Å². The van der Waals surface area contributed by atoms with Gasteiger partial charge in [-0.15, -0.1) is 0 Å². The number of carbonyl (C=O) groups is 2. The average Bonchev–Trinajstić information content (AvgIpc) is 2.27. The maximum Gasteiger partial charge on any atom is 0.394 e. The number of aliphatic carboxylic acids is 1. The van der Waals surface area contributed by atoms with Crippen LogP contribution in [-0.4, -0.2) is 70.7 Å². The summed E-state index contributed by atoms with van der Waals surface area (Å²) in [5, 5.41) is 17.9. The molecule has 0 radical (unpaired) electrons. The van der Waals surface area contributed by atoms with Gasteiger partial charge in [-0.05, 0) is 26.8 Å². The number of nitrogens with zero attached hydrogens (tertiary/aromatic N) is 2. The molecule has 1 saturated heterocycles. The molecule has 1 amide bonds. The van der Waals surface area contributed by atoms with Crippen molar-refractivity contribution in [3.63, 3.8) is 0 Å². The Labute approximate surface area is 101 Å². The zero-order chi connectivity index (χ0) is 13.0. The van der Waals surface area contributed by atoms with Crippen LogP contribution in [0.2, 0.25) is 0 Å². The monoisotopic (exact) mass is 244 g/mol. The van der Waals surface area contributed by atoms with Crippen LogP contribution in [0.3, 0.4) is 0 Å². The smallest absolute Gasteiger partial charge is 0.394 e. The standard InChI is InChI=1S/C11H20N2O4/c1-8(14)7-12(2)9-3-5-13(6-4-9)10(15)11(16)17/h8-9,14H,3-7H2,1-2H3,(H,16,17)/t8-/m1/s1. The largest absolute Gasteiger partial charge is 0.474 e. The second kappa shape index (κ2) is 5.97. The van der Waals surface area contributed by atoms with E-state index in [2.05, 4.69) is 4.90 Å². The zero-order valence-electron chi connectivity index (χ0n) is 10.3. The van der Waals surface area contributed by atoms with Crippen LogP contribution in [-0.2, 0) is 9.59 Å². The van der Waals surface area contributed by atoms with E-state index in [0.29, 0.717) is 25.7 Å². The van der Waals surface area contributed by atoms with Crippen LogP contribution in [0.25, 0.3) is 0 Å². The fourth-order valence-corrected chi connectivity index (χ4v) is 2.21. The summed E-state index contributed by atoms with van der Waals surface area (Å²) in [5.41, 5.74) is 0. The molecule has 0 spiro atoms. The molecule has 6 nitrogen and oxygen atoms in total. The van der Waals surface area contributed by atoms with Crippen molar-refractivity contribution in [2.45, 2.75) is 31.9 Å². The van der Waals surface area contributed by atoms with Crippen molar-refractivity contribution < 1.29 is 19.8 Å². The molecular formula is C11H20N2O4. The number of rotatable bonds is 3. The van der Waals surface area contributed by atoms with Crippen molar-refractivity contribution in [2.75, 3.05) is 26.7 Å². The first-order chi connectivity index (χ1) is 7.91. The predicted octanol–water partition coefficient (Wildman–Crippen LogP) is -0.625. The minimum atomic E-state index is -1.39. The lowest BCUT2D eigenvalue weighted by Gasteiger charge is -2.36. The van der Waals surface area contributed by atoms with E-state index in [1.165, 1.54) is 4.90 Å². The van der Waals surface area contributed by atoms with Crippen LogP contribution in [0, 0.1) is 0 Å². The van der Waals surface area contributed by atoms with Crippen molar-refractivity contribution in [2.24, 2.45) is 0 Å². The second-order valence-electron chi connectivity index (χ2n) is 4.62. The number of likely N-dealkylation sites (N-methyl/N-ethyl adjacent to an activating group) is 1. The molecule has 0 saturated carbocycles. The maximum absolute atomic E-state index is 11.2. The minimum Gasteiger partial charge on any atom is -0.474 e. The number of hydrogen-bond acceptors (Lipinski definition) is 4. The molecule has 0 aromatic heterocycles. The summed E-state index contributed by atoms with van der Waals surface area (Å²) in [6.07, 6.45) is 1.13. The van der Waals surface area contributed by atoms with Gasteiger partial charge in [-0.25, -0.2) is 4.79 Å².